The van der Waals surface area contributed by atoms with E-state index in [1.807, 2.05) is 0 Å². The molecule has 1 aromatic rings. The predicted molar refractivity (Wildman–Crippen MR) is 93.2 cm³/mol. The molecule has 138 valence electrons. The summed E-state index contributed by atoms with van der Waals surface area (Å²) in [6.45, 7) is 5.51. The minimum atomic E-state index is -3.51. The number of hydrogen-bond acceptors (Lipinski definition) is 4. The van der Waals surface area contributed by atoms with E-state index in [1.165, 1.54) is 47.3 Å². The molecule has 7 nitrogen and oxygen atoms in total. The van der Waals surface area contributed by atoms with Gasteiger partial charge in [0, 0.05) is 31.5 Å². The quantitative estimate of drug-likeness (QED) is 0.683. The lowest BCUT2D eigenvalue weighted by Gasteiger charge is -2.26. The Morgan fingerprint density at radius 3 is 2.40 bits per heavy atom. The van der Waals surface area contributed by atoms with Crippen LogP contribution >= 0.6 is 0 Å². The first-order valence-corrected chi connectivity index (χ1v) is 10.3. The predicted octanol–water partition coefficient (Wildman–Crippen LogP) is -0.884. The van der Waals surface area contributed by atoms with Crippen LogP contribution in [-0.2, 0) is 14.8 Å². The minimum Gasteiger partial charge on any atom is -0.379 e. The molecule has 0 unspecified atom stereocenters. The zero-order valence-corrected chi connectivity index (χ0v) is 15.2. The topological polar surface area (TPSA) is 80.2 Å². The average Bonchev–Trinajstić information content (AvgIpc) is 3.16. The third kappa shape index (κ3) is 4.58. The summed E-state index contributed by atoms with van der Waals surface area (Å²) >= 11 is 0. The van der Waals surface area contributed by atoms with Crippen LogP contribution in [0.15, 0.2) is 29.2 Å². The van der Waals surface area contributed by atoms with E-state index in [9.17, 15) is 13.2 Å². The minimum absolute atomic E-state index is 0.158. The third-order valence-electron chi connectivity index (χ3n) is 4.80. The molecule has 3 rings (SSSR count). The van der Waals surface area contributed by atoms with Crippen molar-refractivity contribution in [3.63, 3.8) is 0 Å². The fraction of sp³-hybridized carbons (Fsp3) is 0.588. The number of benzene rings is 1. The van der Waals surface area contributed by atoms with Gasteiger partial charge < -0.3 is 15.0 Å². The molecule has 0 aliphatic carbocycles. The smallest absolute Gasteiger partial charge is 0.251 e. The highest BCUT2D eigenvalue weighted by atomic mass is 32.2. The Morgan fingerprint density at radius 2 is 1.76 bits per heavy atom. The molecule has 0 bridgehead atoms. The van der Waals surface area contributed by atoms with Gasteiger partial charge in [0.2, 0.25) is 10.0 Å². The van der Waals surface area contributed by atoms with Crippen LogP contribution in [0.5, 0.6) is 0 Å². The maximum atomic E-state index is 12.6. The van der Waals surface area contributed by atoms with E-state index in [-0.39, 0.29) is 10.8 Å². The molecule has 2 aliphatic heterocycles. The first-order valence-electron chi connectivity index (χ1n) is 8.87. The molecule has 0 aromatic heterocycles. The lowest BCUT2D eigenvalue weighted by atomic mass is 10.2. The van der Waals surface area contributed by atoms with Crippen molar-refractivity contribution in [2.24, 2.45) is 0 Å². The van der Waals surface area contributed by atoms with E-state index < -0.39 is 10.0 Å². The number of likely N-dealkylation sites (tertiary alicyclic amines) is 1. The van der Waals surface area contributed by atoms with Crippen molar-refractivity contribution in [1.82, 2.24) is 9.62 Å². The number of hydrogen-bond donors (Lipinski definition) is 2. The molecule has 0 atom stereocenters. The number of ether oxygens (including phenoxy) is 1. The Bertz CT molecular complexity index is 678. The largest absolute Gasteiger partial charge is 0.379 e. The summed E-state index contributed by atoms with van der Waals surface area (Å²) in [5, 5.41) is 2.91. The van der Waals surface area contributed by atoms with Crippen molar-refractivity contribution in [1.29, 1.82) is 0 Å². The monoisotopic (exact) mass is 368 g/mol. The summed E-state index contributed by atoms with van der Waals surface area (Å²) in [5.41, 5.74) is 0.484. The van der Waals surface area contributed by atoms with E-state index in [0.29, 0.717) is 38.4 Å². The van der Waals surface area contributed by atoms with Gasteiger partial charge in [-0.05, 0) is 24.3 Å². The van der Waals surface area contributed by atoms with Crippen molar-refractivity contribution in [2.45, 2.75) is 17.7 Å². The Hall–Kier alpha value is -1.48. The number of carbonyl (C=O) groups is 1. The summed E-state index contributed by atoms with van der Waals surface area (Å²) in [7, 11) is -3.51. The number of nitrogens with one attached hydrogen (secondary N) is 2. The second-order valence-corrected chi connectivity index (χ2v) is 8.44. The van der Waals surface area contributed by atoms with Crippen molar-refractivity contribution >= 4 is 15.9 Å². The summed E-state index contributed by atoms with van der Waals surface area (Å²) < 4.78 is 31.7. The van der Waals surface area contributed by atoms with Crippen LogP contribution in [0, 0.1) is 0 Å². The van der Waals surface area contributed by atoms with Crippen LogP contribution in [0.2, 0.25) is 0 Å². The standard InChI is InChI=1S/C17H25N3O4S/c21-17(18-7-10-19-8-1-2-9-19)15-3-5-16(6-4-15)25(22,23)20-11-13-24-14-12-20/h3-6H,1-2,7-14H2,(H,18,21)/p+1. The van der Waals surface area contributed by atoms with Crippen molar-refractivity contribution < 1.29 is 22.8 Å². The van der Waals surface area contributed by atoms with Crippen molar-refractivity contribution in [3.8, 4) is 0 Å². The normalized spacial score (nSPS) is 19.8. The van der Waals surface area contributed by atoms with E-state index in [4.69, 9.17) is 4.74 Å². The lowest BCUT2D eigenvalue weighted by Crippen LogP contribution is -3.10. The molecule has 0 saturated carbocycles. The summed E-state index contributed by atoms with van der Waals surface area (Å²) in [6.07, 6.45) is 2.53. The van der Waals surface area contributed by atoms with Gasteiger partial charge in [-0.2, -0.15) is 4.31 Å². The zero-order chi connectivity index (χ0) is 17.7. The molecule has 2 N–H and O–H groups in total. The molecule has 1 aromatic carbocycles. The van der Waals surface area contributed by atoms with Crippen LogP contribution < -0.4 is 10.2 Å². The number of sulfonamides is 1. The number of nitrogens with zero attached hydrogens (tertiary/aromatic N) is 1. The number of carbonyl (C=O) groups excluding carboxylic acids is 1. The second-order valence-electron chi connectivity index (χ2n) is 6.50. The molecule has 25 heavy (non-hydrogen) atoms. The van der Waals surface area contributed by atoms with Crippen LogP contribution in [-0.4, -0.2) is 71.1 Å². The maximum absolute atomic E-state index is 12.6. The molecule has 2 fully saturated rings. The molecule has 2 aliphatic rings. The molecule has 1 amide bonds. The molecular formula is C17H26N3O4S+. The molecule has 2 heterocycles. The molecule has 0 spiro atoms. The summed E-state index contributed by atoms with van der Waals surface area (Å²) in [4.78, 5) is 13.9. The number of rotatable bonds is 6. The van der Waals surface area contributed by atoms with Gasteiger partial charge in [0.25, 0.3) is 5.91 Å². The highest BCUT2D eigenvalue weighted by molar-refractivity contribution is 7.89. The molecular weight excluding hydrogens is 342 g/mol. The van der Waals surface area contributed by atoms with Gasteiger partial charge in [-0.25, -0.2) is 8.42 Å². The Kier molecular flexibility index (Phi) is 6.06. The number of quaternary nitrogens is 1. The van der Waals surface area contributed by atoms with Crippen LogP contribution in [0.3, 0.4) is 0 Å². The van der Waals surface area contributed by atoms with Crippen LogP contribution in [0.25, 0.3) is 0 Å². The second kappa shape index (κ2) is 8.27. The average molecular weight is 368 g/mol. The van der Waals surface area contributed by atoms with Gasteiger partial charge in [0.15, 0.2) is 0 Å². The van der Waals surface area contributed by atoms with E-state index in [2.05, 4.69) is 5.32 Å². The Morgan fingerprint density at radius 1 is 1.12 bits per heavy atom. The summed E-state index contributed by atoms with van der Waals surface area (Å²) in [6, 6.07) is 6.16. The Labute approximate surface area is 149 Å². The van der Waals surface area contributed by atoms with Gasteiger partial charge >= 0.3 is 0 Å². The SMILES string of the molecule is O=C(NCC[NH+]1CCCC1)c1ccc(S(=O)(=O)N2CCOCC2)cc1. The first-order chi connectivity index (χ1) is 12.1. The van der Waals surface area contributed by atoms with Gasteiger partial charge in [-0.1, -0.05) is 0 Å². The van der Waals surface area contributed by atoms with Gasteiger partial charge in [-0.3, -0.25) is 4.79 Å². The highest BCUT2D eigenvalue weighted by Crippen LogP contribution is 2.17. The lowest BCUT2D eigenvalue weighted by molar-refractivity contribution is -0.886. The summed E-state index contributed by atoms with van der Waals surface area (Å²) in [5.74, 6) is -0.158. The maximum Gasteiger partial charge on any atom is 0.251 e. The van der Waals surface area contributed by atoms with Gasteiger partial charge in [-0.15, -0.1) is 0 Å². The number of morpholine rings is 1. The van der Waals surface area contributed by atoms with Gasteiger partial charge in [0.05, 0.1) is 44.3 Å². The van der Waals surface area contributed by atoms with E-state index in [1.54, 1.807) is 12.1 Å². The van der Waals surface area contributed by atoms with E-state index in [0.717, 1.165) is 6.54 Å². The van der Waals surface area contributed by atoms with E-state index >= 15 is 0 Å². The molecule has 0 radical (unpaired) electrons. The highest BCUT2D eigenvalue weighted by Gasteiger charge is 2.26. The van der Waals surface area contributed by atoms with Crippen molar-refractivity contribution in [3.05, 3.63) is 29.8 Å². The molecule has 2 saturated heterocycles. The fourth-order valence-corrected chi connectivity index (χ4v) is 4.70. The van der Waals surface area contributed by atoms with Crippen LogP contribution in [0.4, 0.5) is 0 Å². The Balaban J connectivity index is 1.56. The number of amides is 1. The first kappa shape index (κ1) is 18.3. The third-order valence-corrected chi connectivity index (χ3v) is 6.71. The molecule has 8 heteroatoms. The van der Waals surface area contributed by atoms with Gasteiger partial charge in [0.1, 0.15) is 0 Å². The zero-order valence-electron chi connectivity index (χ0n) is 14.4. The fourth-order valence-electron chi connectivity index (χ4n) is 3.29. The van der Waals surface area contributed by atoms with Crippen molar-refractivity contribution in [2.75, 3.05) is 52.5 Å². The van der Waals surface area contributed by atoms with Crippen LogP contribution in [0.1, 0.15) is 23.2 Å².